The molecule has 1 fully saturated rings. The van der Waals surface area contributed by atoms with Crippen molar-refractivity contribution in [2.45, 2.75) is 45.7 Å². The number of hydrogen-bond donors (Lipinski definition) is 2. The van der Waals surface area contributed by atoms with Crippen molar-refractivity contribution in [2.75, 3.05) is 56.7 Å². The van der Waals surface area contributed by atoms with Gasteiger partial charge in [0.05, 0.1) is 31.1 Å². The molecule has 0 radical (unpaired) electrons. The van der Waals surface area contributed by atoms with E-state index in [9.17, 15) is 9.59 Å². The summed E-state index contributed by atoms with van der Waals surface area (Å²) in [5.41, 5.74) is 2.08. The number of anilines is 2. The highest BCUT2D eigenvalue weighted by atomic mass is 32.1. The van der Waals surface area contributed by atoms with Gasteiger partial charge in [-0.3, -0.25) is 14.5 Å². The van der Waals surface area contributed by atoms with Gasteiger partial charge in [0.1, 0.15) is 5.69 Å². The normalized spacial score (nSPS) is 14.8. The molecule has 3 heterocycles. The third-order valence-electron chi connectivity index (χ3n) is 6.77. The predicted molar refractivity (Wildman–Crippen MR) is 160 cm³/mol. The van der Waals surface area contributed by atoms with Crippen LogP contribution in [0.1, 0.15) is 60.0 Å². The zero-order valence-corrected chi connectivity index (χ0v) is 25.0. The number of nitrogens with one attached hydrogen (secondary N) is 2. The molecule has 0 saturated carbocycles. The Kier molecular flexibility index (Phi) is 10.6. The maximum Gasteiger partial charge on any atom is 0.316 e. The summed E-state index contributed by atoms with van der Waals surface area (Å²) in [7, 11) is 1.92. The highest BCUT2D eigenvalue weighted by molar-refractivity contribution is 7.13. The molecule has 11 nitrogen and oxygen atoms in total. The quantitative estimate of drug-likeness (QED) is 0.290. The molecule has 0 unspecified atom stereocenters. The van der Waals surface area contributed by atoms with Crippen molar-refractivity contribution < 1.29 is 19.1 Å². The van der Waals surface area contributed by atoms with Crippen LogP contribution in [0.2, 0.25) is 0 Å². The number of benzene rings is 1. The third kappa shape index (κ3) is 8.44. The van der Waals surface area contributed by atoms with E-state index < -0.39 is 0 Å². The van der Waals surface area contributed by atoms with Gasteiger partial charge in [0.2, 0.25) is 0 Å². The van der Waals surface area contributed by atoms with Crippen molar-refractivity contribution in [2.24, 2.45) is 0 Å². The summed E-state index contributed by atoms with van der Waals surface area (Å²) in [6, 6.07) is 7.72. The highest BCUT2D eigenvalue weighted by Gasteiger charge is 2.30. The summed E-state index contributed by atoms with van der Waals surface area (Å²) in [5.74, 6) is -0.580. The smallest absolute Gasteiger partial charge is 0.316 e. The first-order valence-electron chi connectivity index (χ1n) is 13.9. The number of ether oxygens (including phenoxy) is 2. The SMILES string of the molecule is CCCNC(=O)c1cc(CN2CCOCC2(C)C)ccc1NC(=O)c1csc(N(C)CCCOc2ncccn2)n1. The standard InChI is InChI=1S/C29H39N7O4S/c1-5-10-30-25(37)22-17-21(18-36-14-16-39-20-29(36,2)3)8-9-23(22)33-26(38)24-19-41-28(34-24)35(4)13-7-15-40-27-31-11-6-12-32-27/h6,8-9,11-12,17,19H,5,7,10,13-16,18,20H2,1-4H3,(H,30,37)(H,33,38). The van der Waals surface area contributed by atoms with Crippen molar-refractivity contribution in [3.63, 3.8) is 0 Å². The molecule has 1 aliphatic heterocycles. The van der Waals surface area contributed by atoms with Crippen LogP contribution in [0.4, 0.5) is 10.8 Å². The first-order valence-corrected chi connectivity index (χ1v) is 14.8. The van der Waals surface area contributed by atoms with Crippen LogP contribution in [0.15, 0.2) is 42.0 Å². The first kappa shape index (κ1) is 30.4. The molecular formula is C29H39N7O4S. The first-order chi connectivity index (χ1) is 19.8. The van der Waals surface area contributed by atoms with Gasteiger partial charge < -0.3 is 25.0 Å². The lowest BCUT2D eigenvalue weighted by Gasteiger charge is -2.42. The fraction of sp³-hybridized carbons (Fsp3) is 0.483. The topological polar surface area (TPSA) is 122 Å². The molecule has 1 aromatic carbocycles. The summed E-state index contributed by atoms with van der Waals surface area (Å²) in [6.45, 7) is 10.9. The number of carbonyl (C=O) groups excluding carboxylic acids is 2. The Bertz CT molecular complexity index is 1300. The number of nitrogens with zero attached hydrogens (tertiary/aromatic N) is 5. The summed E-state index contributed by atoms with van der Waals surface area (Å²) < 4.78 is 11.2. The van der Waals surface area contributed by atoms with Crippen LogP contribution in [0.25, 0.3) is 0 Å². The Labute approximate surface area is 245 Å². The van der Waals surface area contributed by atoms with E-state index in [0.717, 1.165) is 30.1 Å². The van der Waals surface area contributed by atoms with Crippen LogP contribution in [-0.4, -0.2) is 83.7 Å². The van der Waals surface area contributed by atoms with Crippen molar-refractivity contribution in [3.8, 4) is 6.01 Å². The maximum atomic E-state index is 13.2. The molecule has 2 amide bonds. The Morgan fingerprint density at radius 2 is 2.02 bits per heavy atom. The molecule has 41 heavy (non-hydrogen) atoms. The Hall–Kier alpha value is -3.61. The van der Waals surface area contributed by atoms with Gasteiger partial charge in [0, 0.05) is 56.5 Å². The number of morpholine rings is 1. The average molecular weight is 582 g/mol. The lowest BCUT2D eigenvalue weighted by molar-refractivity contribution is -0.0552. The monoisotopic (exact) mass is 581 g/mol. The second-order valence-electron chi connectivity index (χ2n) is 10.5. The van der Waals surface area contributed by atoms with Gasteiger partial charge >= 0.3 is 6.01 Å². The van der Waals surface area contributed by atoms with Crippen molar-refractivity contribution in [3.05, 3.63) is 58.9 Å². The van der Waals surface area contributed by atoms with Crippen molar-refractivity contribution in [1.82, 2.24) is 25.2 Å². The molecule has 0 aliphatic carbocycles. The summed E-state index contributed by atoms with van der Waals surface area (Å²) in [4.78, 5) is 43.2. The van der Waals surface area contributed by atoms with E-state index >= 15 is 0 Å². The second-order valence-corrected chi connectivity index (χ2v) is 11.4. The Balaban J connectivity index is 1.40. The Morgan fingerprint density at radius 3 is 2.78 bits per heavy atom. The minimum absolute atomic E-state index is 0.103. The summed E-state index contributed by atoms with van der Waals surface area (Å²) in [5, 5.41) is 8.29. The minimum atomic E-state index is -0.364. The van der Waals surface area contributed by atoms with Gasteiger partial charge in [0.25, 0.3) is 11.8 Å². The predicted octanol–water partition coefficient (Wildman–Crippen LogP) is 3.84. The molecule has 0 bridgehead atoms. The summed E-state index contributed by atoms with van der Waals surface area (Å²) in [6.07, 6.45) is 4.83. The zero-order chi connectivity index (χ0) is 29.2. The van der Waals surface area contributed by atoms with E-state index in [-0.39, 0.29) is 17.4 Å². The molecule has 220 valence electrons. The second kappa shape index (κ2) is 14.3. The molecular weight excluding hydrogens is 542 g/mol. The summed E-state index contributed by atoms with van der Waals surface area (Å²) >= 11 is 1.39. The van der Waals surface area contributed by atoms with Crippen LogP contribution < -0.4 is 20.3 Å². The van der Waals surface area contributed by atoms with Gasteiger partial charge in [-0.1, -0.05) is 13.0 Å². The Morgan fingerprint density at radius 1 is 1.22 bits per heavy atom. The molecule has 1 saturated heterocycles. The molecule has 4 rings (SSSR count). The van der Waals surface area contributed by atoms with E-state index in [1.54, 1.807) is 29.9 Å². The highest BCUT2D eigenvalue weighted by Crippen LogP contribution is 2.26. The van der Waals surface area contributed by atoms with E-state index in [4.69, 9.17) is 9.47 Å². The fourth-order valence-electron chi connectivity index (χ4n) is 4.38. The third-order valence-corrected chi connectivity index (χ3v) is 7.72. The molecule has 3 aromatic rings. The van der Waals surface area contributed by atoms with Gasteiger partial charge in [-0.05, 0) is 50.5 Å². The molecule has 0 atom stereocenters. The van der Waals surface area contributed by atoms with Crippen LogP contribution in [0, 0.1) is 0 Å². The van der Waals surface area contributed by atoms with Crippen LogP contribution in [-0.2, 0) is 11.3 Å². The van der Waals surface area contributed by atoms with Crippen molar-refractivity contribution >= 4 is 34.0 Å². The number of carbonyl (C=O) groups is 2. The average Bonchev–Trinajstić information content (AvgIpc) is 3.47. The zero-order valence-electron chi connectivity index (χ0n) is 24.2. The molecule has 0 spiro atoms. The van der Waals surface area contributed by atoms with Crippen LogP contribution >= 0.6 is 11.3 Å². The molecule has 12 heteroatoms. The van der Waals surface area contributed by atoms with E-state index in [2.05, 4.69) is 44.3 Å². The molecule has 2 N–H and O–H groups in total. The lowest BCUT2D eigenvalue weighted by Crippen LogP contribution is -2.52. The van der Waals surface area contributed by atoms with E-state index in [0.29, 0.717) is 62.4 Å². The van der Waals surface area contributed by atoms with E-state index in [1.165, 1.54) is 11.3 Å². The fourth-order valence-corrected chi connectivity index (χ4v) is 5.17. The van der Waals surface area contributed by atoms with Crippen LogP contribution in [0.3, 0.4) is 0 Å². The lowest BCUT2D eigenvalue weighted by atomic mass is 10.00. The maximum absolute atomic E-state index is 13.2. The van der Waals surface area contributed by atoms with Gasteiger partial charge in [-0.2, -0.15) is 0 Å². The minimum Gasteiger partial charge on any atom is -0.463 e. The number of aromatic nitrogens is 3. The van der Waals surface area contributed by atoms with Crippen molar-refractivity contribution in [1.29, 1.82) is 0 Å². The number of hydrogen-bond acceptors (Lipinski definition) is 10. The van der Waals surface area contributed by atoms with Gasteiger partial charge in [-0.15, -0.1) is 11.3 Å². The largest absolute Gasteiger partial charge is 0.463 e. The number of amides is 2. The van der Waals surface area contributed by atoms with E-state index in [1.807, 2.05) is 31.0 Å². The van der Waals surface area contributed by atoms with Gasteiger partial charge in [-0.25, -0.2) is 15.0 Å². The molecule has 1 aliphatic rings. The molecule has 2 aromatic heterocycles. The van der Waals surface area contributed by atoms with Gasteiger partial charge in [0.15, 0.2) is 5.13 Å². The number of thiazole rings is 1. The van der Waals surface area contributed by atoms with Crippen LogP contribution in [0.5, 0.6) is 6.01 Å². The number of rotatable bonds is 13.